The maximum absolute atomic E-state index is 8.38. The molecule has 0 amide bonds. The molecule has 0 atom stereocenters. The number of hydrogen-bond acceptors (Lipinski definition) is 4. The normalized spacial score (nSPS) is 16.7. The third-order valence-electron chi connectivity index (χ3n) is 4.54. The zero-order chi connectivity index (χ0) is 17.5. The predicted octanol–water partition coefficient (Wildman–Crippen LogP) is 4.00. The van der Waals surface area contributed by atoms with Gasteiger partial charge in [-0.3, -0.25) is 10.8 Å². The molecular weight excluding hydrogens is 300 g/mol. The van der Waals surface area contributed by atoms with Crippen molar-refractivity contribution < 1.29 is 4.74 Å². The lowest BCUT2D eigenvalue weighted by Crippen LogP contribution is -2.27. The average molecular weight is 330 g/mol. The lowest BCUT2D eigenvalue weighted by atomic mass is 9.88. The largest absolute Gasteiger partial charge is 0.479 e. The van der Waals surface area contributed by atoms with Gasteiger partial charge in [0.25, 0.3) is 0 Å². The Kier molecular flexibility index (Phi) is 6.64. The summed E-state index contributed by atoms with van der Waals surface area (Å²) in [6.45, 7) is 4.62. The lowest BCUT2D eigenvalue weighted by Gasteiger charge is -2.23. The Morgan fingerprint density at radius 1 is 1.12 bits per heavy atom. The summed E-state index contributed by atoms with van der Waals surface area (Å²) in [4.78, 5) is 0. The Hall–Kier alpha value is -2.04. The van der Waals surface area contributed by atoms with E-state index in [-0.39, 0.29) is 5.84 Å². The minimum atomic E-state index is 0.275. The van der Waals surface area contributed by atoms with Crippen LogP contribution in [0.2, 0.25) is 0 Å². The highest BCUT2D eigenvalue weighted by Gasteiger charge is 2.19. The van der Waals surface area contributed by atoms with Gasteiger partial charge in [-0.25, -0.2) is 0 Å². The summed E-state index contributed by atoms with van der Waals surface area (Å²) in [7, 11) is 1.86. The van der Waals surface area contributed by atoms with Crippen LogP contribution in [-0.2, 0) is 4.74 Å². The van der Waals surface area contributed by atoms with Gasteiger partial charge in [-0.2, -0.15) is 0 Å². The van der Waals surface area contributed by atoms with Crippen molar-refractivity contribution in [1.82, 2.24) is 10.6 Å². The maximum atomic E-state index is 8.38. The summed E-state index contributed by atoms with van der Waals surface area (Å²) in [6.07, 6.45) is 9.31. The molecule has 0 aromatic heterocycles. The van der Waals surface area contributed by atoms with Gasteiger partial charge in [0, 0.05) is 7.05 Å². The van der Waals surface area contributed by atoms with Crippen molar-refractivity contribution in [3.63, 3.8) is 0 Å². The second-order valence-corrected chi connectivity index (χ2v) is 6.46. The van der Waals surface area contributed by atoms with Gasteiger partial charge in [-0.1, -0.05) is 6.92 Å². The first-order valence-corrected chi connectivity index (χ1v) is 8.94. The van der Waals surface area contributed by atoms with Crippen molar-refractivity contribution in [2.24, 2.45) is 0 Å². The molecule has 2 aliphatic rings. The summed E-state index contributed by atoms with van der Waals surface area (Å²) >= 11 is 0. The number of rotatable bonds is 8. The third kappa shape index (κ3) is 4.49. The van der Waals surface area contributed by atoms with Crippen molar-refractivity contribution in [2.75, 3.05) is 13.7 Å². The van der Waals surface area contributed by atoms with Crippen molar-refractivity contribution in [3.05, 3.63) is 34.4 Å². The third-order valence-corrected chi connectivity index (χ3v) is 4.54. The first-order valence-electron chi connectivity index (χ1n) is 8.94. The van der Waals surface area contributed by atoms with Crippen LogP contribution in [-0.4, -0.2) is 25.2 Å². The second-order valence-electron chi connectivity index (χ2n) is 6.46. The molecule has 2 saturated carbocycles. The molecule has 132 valence electrons. The van der Waals surface area contributed by atoms with Crippen molar-refractivity contribution in [1.29, 1.82) is 10.8 Å². The molecule has 5 heteroatoms. The van der Waals surface area contributed by atoms with E-state index >= 15 is 0 Å². The average Bonchev–Trinajstić information content (AvgIpc) is 2.45. The number of hydrogen-bond donors (Lipinski definition) is 4. The second kappa shape index (κ2) is 8.71. The van der Waals surface area contributed by atoms with E-state index in [0.29, 0.717) is 12.3 Å². The quantitative estimate of drug-likeness (QED) is 0.308. The van der Waals surface area contributed by atoms with Gasteiger partial charge in [0.1, 0.15) is 5.84 Å². The van der Waals surface area contributed by atoms with E-state index in [4.69, 9.17) is 15.6 Å². The molecule has 2 aliphatic carbocycles. The molecule has 0 spiro atoms. The Labute approximate surface area is 145 Å². The minimum Gasteiger partial charge on any atom is -0.479 e. The molecule has 0 aromatic carbocycles. The number of allylic oxidation sites excluding steroid dienone is 3. The first-order chi connectivity index (χ1) is 11.6. The van der Waals surface area contributed by atoms with Gasteiger partial charge in [0.05, 0.1) is 18.0 Å². The fourth-order valence-electron chi connectivity index (χ4n) is 2.74. The fraction of sp³-hybridized carbons (Fsp3) is 0.579. The highest BCUT2D eigenvalue weighted by Crippen LogP contribution is 2.29. The molecule has 0 saturated heterocycles. The monoisotopic (exact) mass is 330 g/mol. The van der Waals surface area contributed by atoms with Crippen LogP contribution in [0.5, 0.6) is 0 Å². The van der Waals surface area contributed by atoms with E-state index in [9.17, 15) is 0 Å². The van der Waals surface area contributed by atoms with E-state index in [1.54, 1.807) is 6.08 Å². The van der Waals surface area contributed by atoms with Gasteiger partial charge in [0.15, 0.2) is 5.88 Å². The molecule has 0 aromatic rings. The van der Waals surface area contributed by atoms with Crippen LogP contribution >= 0.6 is 0 Å². The molecule has 0 bridgehead atoms. The van der Waals surface area contributed by atoms with E-state index in [2.05, 4.69) is 17.6 Å². The van der Waals surface area contributed by atoms with Crippen LogP contribution in [0.25, 0.3) is 0 Å². The lowest BCUT2D eigenvalue weighted by molar-refractivity contribution is 0.192. The molecule has 0 heterocycles. The van der Waals surface area contributed by atoms with Crippen molar-refractivity contribution in [2.45, 2.75) is 58.8 Å². The minimum absolute atomic E-state index is 0.275. The molecule has 24 heavy (non-hydrogen) atoms. The standard InChI is InChI=1S/C19H30N4O/c1-4-11-24-19(15-9-6-10-15)23-16(20)12-13(2)17(21)18(22-3)14-7-5-8-14/h12,21-22H,4-11H2,1-3H3,(H2,20,23)/b13-12-,21-17?. The maximum Gasteiger partial charge on any atom is 0.191 e. The van der Waals surface area contributed by atoms with E-state index in [0.717, 1.165) is 49.3 Å². The highest BCUT2D eigenvalue weighted by molar-refractivity contribution is 6.13. The van der Waals surface area contributed by atoms with Crippen LogP contribution in [0.15, 0.2) is 34.4 Å². The number of amidine groups is 1. The fourth-order valence-corrected chi connectivity index (χ4v) is 2.74. The van der Waals surface area contributed by atoms with Gasteiger partial charge < -0.3 is 15.4 Å². The molecular formula is C19H30N4O. The molecule has 0 radical (unpaired) electrons. The molecule has 2 fully saturated rings. The summed E-state index contributed by atoms with van der Waals surface area (Å²) in [5.74, 6) is 1.02. The Morgan fingerprint density at radius 3 is 2.21 bits per heavy atom. The van der Waals surface area contributed by atoms with Gasteiger partial charge >= 0.3 is 0 Å². The summed E-state index contributed by atoms with van der Waals surface area (Å²) in [6, 6.07) is 0. The Bertz CT molecular complexity index is 586. The predicted molar refractivity (Wildman–Crippen MR) is 99.4 cm³/mol. The summed E-state index contributed by atoms with van der Waals surface area (Å²) in [5.41, 5.74) is 4.76. The SMILES string of the molecule is CCCOC(NC(=N)/C=C(/C)C(=N)C(NC)=C1CCC1)=C1CCC1. The number of nitrogens with one attached hydrogen (secondary N) is 4. The smallest absolute Gasteiger partial charge is 0.191 e. The molecule has 0 unspecified atom stereocenters. The first kappa shape index (κ1) is 18.3. The van der Waals surface area contributed by atoms with Crippen LogP contribution in [0.3, 0.4) is 0 Å². The van der Waals surface area contributed by atoms with Gasteiger partial charge in [0.2, 0.25) is 0 Å². The topological polar surface area (TPSA) is 81.0 Å². The van der Waals surface area contributed by atoms with Crippen LogP contribution < -0.4 is 10.6 Å². The highest BCUT2D eigenvalue weighted by atomic mass is 16.5. The van der Waals surface area contributed by atoms with Crippen LogP contribution in [0.4, 0.5) is 0 Å². The molecule has 5 nitrogen and oxygen atoms in total. The Morgan fingerprint density at radius 2 is 1.75 bits per heavy atom. The number of ether oxygens (including phenoxy) is 1. The van der Waals surface area contributed by atoms with Gasteiger partial charge in [-0.15, -0.1) is 0 Å². The summed E-state index contributed by atoms with van der Waals surface area (Å²) in [5, 5.41) is 22.8. The summed E-state index contributed by atoms with van der Waals surface area (Å²) < 4.78 is 5.76. The van der Waals surface area contributed by atoms with Crippen molar-refractivity contribution in [3.8, 4) is 0 Å². The zero-order valence-electron chi connectivity index (χ0n) is 15.1. The Balaban J connectivity index is 2.03. The van der Waals surface area contributed by atoms with E-state index in [1.807, 2.05) is 14.0 Å². The molecule has 2 rings (SSSR count). The molecule has 4 N–H and O–H groups in total. The van der Waals surface area contributed by atoms with Crippen LogP contribution in [0, 0.1) is 10.8 Å². The van der Waals surface area contributed by atoms with E-state index in [1.165, 1.54) is 24.0 Å². The van der Waals surface area contributed by atoms with E-state index < -0.39 is 0 Å². The van der Waals surface area contributed by atoms with Crippen LogP contribution in [0.1, 0.15) is 58.8 Å². The van der Waals surface area contributed by atoms with Gasteiger partial charge in [-0.05, 0) is 74.7 Å². The molecule has 0 aliphatic heterocycles. The zero-order valence-corrected chi connectivity index (χ0v) is 15.1. The van der Waals surface area contributed by atoms with Crippen molar-refractivity contribution >= 4 is 11.5 Å².